The summed E-state index contributed by atoms with van der Waals surface area (Å²) in [6, 6.07) is 0. The molecular formula is C4H14Si2. The van der Waals surface area contributed by atoms with Gasteiger partial charge in [0.15, 0.2) is 0 Å². The van der Waals surface area contributed by atoms with Crippen molar-refractivity contribution in [3.05, 3.63) is 0 Å². The molecule has 0 bridgehead atoms. The Balaban J connectivity index is 4.02. The van der Waals surface area contributed by atoms with Gasteiger partial charge in [0.05, 0.1) is 0 Å². The highest BCUT2D eigenvalue weighted by atomic mass is 29.2. The molecule has 0 heterocycles. The molecule has 0 aromatic rings. The van der Waals surface area contributed by atoms with Gasteiger partial charge in [0.25, 0.3) is 0 Å². The Bertz CT molecular complexity index is 67.0. The molecule has 2 heteroatoms. The first kappa shape index (κ1) is 3.44. The molecule has 0 amide bonds. The van der Waals surface area contributed by atoms with Gasteiger partial charge in [-0.3, -0.25) is 0 Å². The topological polar surface area (TPSA) is 0 Å². The number of hydrogen-bond acceptors (Lipinski definition) is 0. The van der Waals surface area contributed by atoms with Crippen molar-refractivity contribution in [1.82, 2.24) is 0 Å². The molecule has 0 fully saturated rings. The molecule has 0 spiro atoms. The van der Waals surface area contributed by atoms with Gasteiger partial charge >= 0.3 is 0 Å². The van der Waals surface area contributed by atoms with Gasteiger partial charge in [-0.15, -0.1) is 0 Å². The van der Waals surface area contributed by atoms with Crippen LogP contribution in [0.15, 0.2) is 0 Å². The van der Waals surface area contributed by atoms with E-state index in [0.29, 0.717) is 0 Å². The Morgan fingerprint density at radius 2 is 1.67 bits per heavy atom. The lowest BCUT2D eigenvalue weighted by Crippen LogP contribution is -2.26. The van der Waals surface area contributed by atoms with Crippen molar-refractivity contribution < 1.29 is 0 Å². The quantitative estimate of drug-likeness (QED) is 0.454. The van der Waals surface area contributed by atoms with Gasteiger partial charge in [0.1, 0.15) is 0 Å². The molecule has 0 atom stereocenters. The van der Waals surface area contributed by atoms with Crippen LogP contribution >= 0.6 is 0 Å². The maximum atomic E-state index is 7.45. The van der Waals surface area contributed by atoms with Crippen LogP contribution in [0, 0.1) is 0 Å². The average molecular weight is 120 g/mol. The lowest BCUT2D eigenvalue weighted by Gasteiger charge is -2.08. The lowest BCUT2D eigenvalue weighted by molar-refractivity contribution is 1.85. The molecule has 6 heavy (non-hydrogen) atoms. The second-order valence-electron chi connectivity index (χ2n) is 2.50. The molecule has 0 saturated carbocycles. The van der Waals surface area contributed by atoms with Crippen molar-refractivity contribution in [3.63, 3.8) is 0 Å². The summed E-state index contributed by atoms with van der Waals surface area (Å²) < 4.78 is 14.9. The molecule has 0 rings (SSSR count). The third-order valence-electron chi connectivity index (χ3n) is 0.750. The molecular weight excluding hydrogens is 104 g/mol. The summed E-state index contributed by atoms with van der Waals surface area (Å²) in [4.78, 5) is 0. The van der Waals surface area contributed by atoms with E-state index in [4.69, 9.17) is 2.47 Å². The lowest BCUT2D eigenvalue weighted by atomic mass is 11.8. The minimum Gasteiger partial charge on any atom is -0.0766 e. The molecule has 0 aliphatic rings. The zero-order valence-electron chi connectivity index (χ0n) is 7.00. The summed E-state index contributed by atoms with van der Waals surface area (Å²) >= 11 is 0. The predicted molar refractivity (Wildman–Crippen MR) is 37.8 cm³/mol. The van der Waals surface area contributed by atoms with E-state index in [-0.39, 0.29) is 0 Å². The minimum atomic E-state index is -2.22. The van der Waals surface area contributed by atoms with Gasteiger partial charge in [0.2, 0.25) is 0 Å². The highest BCUT2D eigenvalue weighted by Gasteiger charge is 2.07. The van der Waals surface area contributed by atoms with Crippen LogP contribution in [0.5, 0.6) is 0 Å². The number of hydrogen-bond donors (Lipinski definition) is 0. The van der Waals surface area contributed by atoms with E-state index in [2.05, 4.69) is 19.6 Å². The molecule has 0 N–H and O–H groups in total. The SMILES string of the molecule is [2H][Si]([2H])(C)[Si](C)(C)C. The first-order valence-electron chi connectivity index (χ1n) is 3.25. The Morgan fingerprint density at radius 3 is 1.67 bits per heavy atom. The van der Waals surface area contributed by atoms with Crippen molar-refractivity contribution >= 4 is 16.5 Å². The van der Waals surface area contributed by atoms with Crippen molar-refractivity contribution in [1.29, 1.82) is 2.47 Å². The zero-order chi connectivity index (χ0) is 7.00. The molecule has 0 aliphatic heterocycles. The molecule has 0 aromatic carbocycles. The average Bonchev–Trinajstić information content (AvgIpc) is 1.25. The third kappa shape index (κ3) is 4.43. The van der Waals surface area contributed by atoms with Gasteiger partial charge < -0.3 is 0 Å². The summed E-state index contributed by atoms with van der Waals surface area (Å²) in [5, 5.41) is 0. The van der Waals surface area contributed by atoms with Crippen LogP contribution in [0.4, 0.5) is 0 Å². The number of rotatable bonds is 1. The third-order valence-corrected chi connectivity index (χ3v) is 6.75. The summed E-state index contributed by atoms with van der Waals surface area (Å²) in [6.07, 6.45) is 0. The van der Waals surface area contributed by atoms with Crippen LogP contribution in [0.3, 0.4) is 0 Å². The van der Waals surface area contributed by atoms with Crippen LogP contribution in [-0.4, -0.2) is 19.0 Å². The second-order valence-corrected chi connectivity index (χ2v) is 13.5. The molecule has 0 aliphatic carbocycles. The minimum absolute atomic E-state index is 1.39. The zero-order valence-corrected chi connectivity index (χ0v) is 7.00. The van der Waals surface area contributed by atoms with Crippen LogP contribution < -0.4 is 0 Å². The van der Waals surface area contributed by atoms with Crippen LogP contribution in [-0.2, 0) is 0 Å². The molecule has 38 valence electrons. The highest BCUT2D eigenvalue weighted by Crippen LogP contribution is 1.94. The van der Waals surface area contributed by atoms with Gasteiger partial charge in [-0.25, -0.2) is 0 Å². The smallest absolute Gasteiger partial charge is 0.0307 e. The summed E-state index contributed by atoms with van der Waals surface area (Å²) in [5.41, 5.74) is 0. The fourth-order valence-corrected chi connectivity index (χ4v) is 0. The molecule has 0 unspecified atom stereocenters. The van der Waals surface area contributed by atoms with E-state index in [1.165, 1.54) is 0 Å². The van der Waals surface area contributed by atoms with Gasteiger partial charge in [0, 0.05) is 19.0 Å². The van der Waals surface area contributed by atoms with Gasteiger partial charge in [-0.1, -0.05) is 26.2 Å². The molecule has 0 nitrogen and oxygen atoms in total. The van der Waals surface area contributed by atoms with E-state index in [9.17, 15) is 0 Å². The normalized spacial score (nSPS) is 19.3. The highest BCUT2D eigenvalue weighted by molar-refractivity contribution is 7.22. The Morgan fingerprint density at radius 1 is 1.50 bits per heavy atom. The Labute approximate surface area is 46.0 Å². The molecule has 0 saturated heterocycles. The van der Waals surface area contributed by atoms with Crippen molar-refractivity contribution in [3.8, 4) is 0 Å². The van der Waals surface area contributed by atoms with E-state index in [0.717, 1.165) is 0 Å². The molecule has 0 aromatic heterocycles. The van der Waals surface area contributed by atoms with Crippen LogP contribution in [0.25, 0.3) is 0 Å². The van der Waals surface area contributed by atoms with Crippen LogP contribution in [0.2, 0.25) is 26.2 Å². The van der Waals surface area contributed by atoms with Crippen LogP contribution in [0.1, 0.15) is 0 Å². The summed E-state index contributed by atoms with van der Waals surface area (Å²) in [6.45, 7) is 8.09. The van der Waals surface area contributed by atoms with E-state index >= 15 is 0 Å². The Hall–Kier alpha value is 0.434. The summed E-state index contributed by atoms with van der Waals surface area (Å²) in [5.74, 6) is 0. The van der Waals surface area contributed by atoms with E-state index in [1.807, 2.05) is 0 Å². The first-order chi connectivity index (χ1) is 3.25. The fraction of sp³-hybridized carbons (Fsp3) is 1.00. The van der Waals surface area contributed by atoms with Gasteiger partial charge in [-0.05, 0) is 0 Å². The van der Waals surface area contributed by atoms with Gasteiger partial charge in [-0.2, -0.15) is 0 Å². The Kier molecular flexibility index (Phi) is 1.11. The fourth-order valence-electron chi connectivity index (χ4n) is 0. The maximum Gasteiger partial charge on any atom is 0.0307 e. The maximum absolute atomic E-state index is 7.45. The van der Waals surface area contributed by atoms with E-state index < -0.39 is 16.5 Å². The standard InChI is InChI=1S/C4H14Si2/c1-5-6(2,3)4/h5H2,1-4H3/i5D2. The monoisotopic (exact) mass is 120 g/mol. The largest absolute Gasteiger partial charge is 0.0766 e. The molecule has 0 radical (unpaired) electrons. The van der Waals surface area contributed by atoms with Crippen molar-refractivity contribution in [2.75, 3.05) is 0 Å². The first-order valence-corrected chi connectivity index (χ1v) is 8.25. The van der Waals surface area contributed by atoms with Crippen molar-refractivity contribution in [2.24, 2.45) is 0 Å². The van der Waals surface area contributed by atoms with E-state index in [1.54, 1.807) is 6.55 Å². The summed E-state index contributed by atoms with van der Waals surface area (Å²) in [7, 11) is -3.61. The van der Waals surface area contributed by atoms with Crippen molar-refractivity contribution in [2.45, 2.75) is 26.2 Å². The second kappa shape index (κ2) is 1.93. The predicted octanol–water partition coefficient (Wildman–Crippen LogP) is 1.04.